The molecule has 0 aliphatic carbocycles. The third-order valence-electron chi connectivity index (χ3n) is 4.25. The lowest BCUT2D eigenvalue weighted by Crippen LogP contribution is -2.11. The minimum atomic E-state index is -3.49. The molecule has 0 aromatic carbocycles. The maximum Gasteiger partial charge on any atom is 0.264 e. The third-order valence-corrected chi connectivity index (χ3v) is 4.85. The van der Waals surface area contributed by atoms with Gasteiger partial charge >= 0.3 is 0 Å². The Labute approximate surface area is 167 Å². The Morgan fingerprint density at radius 1 is 1.03 bits per heavy atom. The zero-order chi connectivity index (χ0) is 20.4. The number of hydrogen-bond acceptors (Lipinski definition) is 8. The maximum absolute atomic E-state index is 11.0. The first-order valence-electron chi connectivity index (χ1n) is 8.81. The van der Waals surface area contributed by atoms with Gasteiger partial charge in [-0.05, 0) is 24.3 Å². The normalized spacial score (nSPS) is 11.8. The molecule has 0 unspecified atom stereocenters. The molecular weight excluding hydrogens is 394 g/mol. The van der Waals surface area contributed by atoms with Gasteiger partial charge in [0, 0.05) is 36.3 Å². The molecule has 0 saturated carbocycles. The average molecular weight is 413 g/mol. The standard InChI is InChI=1S/C19H19N5O4S/c1-24-15-8-9-20-12-14(15)13-6-7-17(23-19(13)24)21-16-4-3-5-18(22-16)27-10-11-28-29(2,25)26/h3-9,12H,10-11H2,1-2H3,(H,21,22,23). The highest BCUT2D eigenvalue weighted by molar-refractivity contribution is 7.85. The zero-order valence-electron chi connectivity index (χ0n) is 15.9. The van der Waals surface area contributed by atoms with Crippen LogP contribution in [0.1, 0.15) is 0 Å². The van der Waals surface area contributed by atoms with Crippen molar-refractivity contribution in [2.75, 3.05) is 24.8 Å². The molecule has 9 nitrogen and oxygen atoms in total. The minimum Gasteiger partial charge on any atom is -0.475 e. The SMILES string of the molecule is Cn1c2ccncc2c2ccc(Nc3cccc(OCCOS(C)(=O)=O)n3)nc21. The van der Waals surface area contributed by atoms with Gasteiger partial charge in [-0.2, -0.15) is 13.4 Å². The number of anilines is 2. The molecule has 4 aromatic heterocycles. The number of hydrogen-bond donors (Lipinski definition) is 1. The van der Waals surface area contributed by atoms with Crippen LogP contribution in [0.15, 0.2) is 48.8 Å². The van der Waals surface area contributed by atoms with Crippen molar-refractivity contribution in [3.05, 3.63) is 48.8 Å². The van der Waals surface area contributed by atoms with Crippen LogP contribution in [-0.2, 0) is 21.3 Å². The van der Waals surface area contributed by atoms with Gasteiger partial charge < -0.3 is 14.6 Å². The smallest absolute Gasteiger partial charge is 0.264 e. The van der Waals surface area contributed by atoms with E-state index in [1.807, 2.05) is 36.0 Å². The summed E-state index contributed by atoms with van der Waals surface area (Å²) in [6.07, 6.45) is 4.59. The van der Waals surface area contributed by atoms with E-state index in [9.17, 15) is 8.42 Å². The van der Waals surface area contributed by atoms with Gasteiger partial charge in [-0.25, -0.2) is 4.98 Å². The number of nitrogens with one attached hydrogen (secondary N) is 1. The fraction of sp³-hybridized carbons (Fsp3) is 0.211. The Bertz CT molecular complexity index is 1290. The van der Waals surface area contributed by atoms with Crippen LogP contribution in [0.2, 0.25) is 0 Å². The first-order chi connectivity index (χ1) is 13.9. The second kappa shape index (κ2) is 7.64. The lowest BCUT2D eigenvalue weighted by Gasteiger charge is -2.09. The summed E-state index contributed by atoms with van der Waals surface area (Å²) in [6, 6.07) is 11.1. The molecule has 4 heterocycles. The van der Waals surface area contributed by atoms with Crippen molar-refractivity contribution >= 4 is 43.7 Å². The van der Waals surface area contributed by atoms with Gasteiger partial charge in [-0.1, -0.05) is 6.07 Å². The van der Waals surface area contributed by atoms with Gasteiger partial charge in [-0.3, -0.25) is 9.17 Å². The van der Waals surface area contributed by atoms with Gasteiger partial charge in [0.2, 0.25) is 5.88 Å². The highest BCUT2D eigenvalue weighted by atomic mass is 32.2. The lowest BCUT2D eigenvalue weighted by atomic mass is 10.2. The van der Waals surface area contributed by atoms with Crippen molar-refractivity contribution in [2.24, 2.45) is 7.05 Å². The van der Waals surface area contributed by atoms with Crippen molar-refractivity contribution in [3.63, 3.8) is 0 Å². The van der Waals surface area contributed by atoms with E-state index in [0.717, 1.165) is 28.2 Å². The first-order valence-corrected chi connectivity index (χ1v) is 10.6. The predicted molar refractivity (Wildman–Crippen MR) is 110 cm³/mol. The summed E-state index contributed by atoms with van der Waals surface area (Å²) in [7, 11) is -1.52. The van der Waals surface area contributed by atoms with Crippen LogP contribution in [0.5, 0.6) is 5.88 Å². The van der Waals surface area contributed by atoms with Crippen molar-refractivity contribution in [1.82, 2.24) is 19.5 Å². The number of pyridine rings is 3. The molecule has 0 bridgehead atoms. The van der Waals surface area contributed by atoms with E-state index in [1.54, 1.807) is 24.4 Å². The molecule has 0 radical (unpaired) electrons. The minimum absolute atomic E-state index is 0.0672. The number of nitrogens with zero attached hydrogens (tertiary/aromatic N) is 4. The Kier molecular flexibility index (Phi) is 5.03. The van der Waals surface area contributed by atoms with E-state index in [1.165, 1.54) is 0 Å². The summed E-state index contributed by atoms with van der Waals surface area (Å²) in [5.41, 5.74) is 1.90. The van der Waals surface area contributed by atoms with E-state index < -0.39 is 10.1 Å². The predicted octanol–water partition coefficient (Wildman–Crippen LogP) is 2.62. The van der Waals surface area contributed by atoms with Crippen LogP contribution in [0.4, 0.5) is 11.6 Å². The monoisotopic (exact) mass is 413 g/mol. The van der Waals surface area contributed by atoms with Crippen molar-refractivity contribution in [3.8, 4) is 5.88 Å². The Morgan fingerprint density at radius 2 is 1.86 bits per heavy atom. The van der Waals surface area contributed by atoms with Crippen molar-refractivity contribution in [2.45, 2.75) is 0 Å². The van der Waals surface area contributed by atoms with E-state index in [-0.39, 0.29) is 13.2 Å². The highest BCUT2D eigenvalue weighted by Crippen LogP contribution is 2.27. The molecule has 4 aromatic rings. The van der Waals surface area contributed by atoms with Crippen molar-refractivity contribution < 1.29 is 17.3 Å². The van der Waals surface area contributed by atoms with Crippen LogP contribution in [0.3, 0.4) is 0 Å². The molecule has 0 saturated heterocycles. The van der Waals surface area contributed by atoms with Crippen LogP contribution < -0.4 is 10.1 Å². The Hall–Kier alpha value is -3.24. The quantitative estimate of drug-likeness (QED) is 0.364. The number of aryl methyl sites for hydroxylation is 1. The van der Waals surface area contributed by atoms with E-state index in [2.05, 4.69) is 19.5 Å². The summed E-state index contributed by atoms with van der Waals surface area (Å²) >= 11 is 0. The third kappa shape index (κ3) is 4.28. The maximum atomic E-state index is 11.0. The number of aromatic nitrogens is 4. The van der Waals surface area contributed by atoms with Crippen molar-refractivity contribution in [1.29, 1.82) is 0 Å². The Morgan fingerprint density at radius 3 is 2.69 bits per heavy atom. The van der Waals surface area contributed by atoms with Gasteiger partial charge in [0.05, 0.1) is 11.8 Å². The van der Waals surface area contributed by atoms with Gasteiger partial charge in [0.25, 0.3) is 10.1 Å². The Balaban J connectivity index is 1.51. The van der Waals surface area contributed by atoms with E-state index >= 15 is 0 Å². The van der Waals surface area contributed by atoms with Crippen LogP contribution in [0, 0.1) is 0 Å². The molecule has 0 aliphatic heterocycles. The molecule has 29 heavy (non-hydrogen) atoms. The largest absolute Gasteiger partial charge is 0.475 e. The summed E-state index contributed by atoms with van der Waals surface area (Å²) in [6.45, 7) is -0.00991. The summed E-state index contributed by atoms with van der Waals surface area (Å²) in [4.78, 5) is 13.2. The van der Waals surface area contributed by atoms with Gasteiger partial charge in [0.15, 0.2) is 0 Å². The molecular formula is C19H19N5O4S. The van der Waals surface area contributed by atoms with E-state index in [4.69, 9.17) is 9.72 Å². The molecule has 10 heteroatoms. The number of fused-ring (bicyclic) bond motifs is 3. The second-order valence-corrected chi connectivity index (χ2v) is 8.02. The lowest BCUT2D eigenvalue weighted by molar-refractivity contribution is 0.217. The molecule has 0 aliphatic rings. The molecule has 150 valence electrons. The fourth-order valence-electron chi connectivity index (χ4n) is 3.01. The highest BCUT2D eigenvalue weighted by Gasteiger charge is 2.10. The average Bonchev–Trinajstić information content (AvgIpc) is 2.97. The molecule has 0 atom stereocenters. The molecule has 0 amide bonds. The topological polar surface area (TPSA) is 108 Å². The molecule has 0 fully saturated rings. The summed E-state index contributed by atoms with van der Waals surface area (Å²) in [5, 5.41) is 5.24. The molecule has 1 N–H and O–H groups in total. The van der Waals surface area contributed by atoms with Gasteiger partial charge in [0.1, 0.15) is 30.5 Å². The molecule has 4 rings (SSSR count). The number of ether oxygens (including phenoxy) is 1. The van der Waals surface area contributed by atoms with Crippen LogP contribution in [0.25, 0.3) is 21.9 Å². The molecule has 0 spiro atoms. The van der Waals surface area contributed by atoms with Crippen LogP contribution in [-0.4, -0.2) is 47.4 Å². The van der Waals surface area contributed by atoms with E-state index in [0.29, 0.717) is 17.5 Å². The van der Waals surface area contributed by atoms with Gasteiger partial charge in [-0.15, -0.1) is 0 Å². The number of rotatable bonds is 7. The zero-order valence-corrected chi connectivity index (χ0v) is 16.7. The first kappa shape index (κ1) is 19.1. The summed E-state index contributed by atoms with van der Waals surface area (Å²) in [5.74, 6) is 1.55. The fourth-order valence-corrected chi connectivity index (χ4v) is 3.38. The summed E-state index contributed by atoms with van der Waals surface area (Å²) < 4.78 is 34.0. The van der Waals surface area contributed by atoms with Crippen LogP contribution >= 0.6 is 0 Å². The second-order valence-electron chi connectivity index (χ2n) is 6.38.